The SMILES string of the molecule is COC(=O)CCCNC(C)c1ccc(Cl)c(F)c1. The second-order valence-electron chi connectivity index (χ2n) is 4.03. The molecule has 5 heteroatoms. The van der Waals surface area contributed by atoms with Gasteiger partial charge in [0.05, 0.1) is 12.1 Å². The van der Waals surface area contributed by atoms with E-state index in [0.29, 0.717) is 19.4 Å². The largest absolute Gasteiger partial charge is 0.469 e. The Balaban J connectivity index is 2.38. The van der Waals surface area contributed by atoms with Gasteiger partial charge in [0.2, 0.25) is 0 Å². The van der Waals surface area contributed by atoms with Crippen molar-refractivity contribution in [2.75, 3.05) is 13.7 Å². The number of esters is 1. The molecule has 1 aromatic carbocycles. The Morgan fingerprint density at radius 2 is 2.28 bits per heavy atom. The van der Waals surface area contributed by atoms with Gasteiger partial charge in [0, 0.05) is 12.5 Å². The van der Waals surface area contributed by atoms with Crippen molar-refractivity contribution in [3.63, 3.8) is 0 Å². The first-order valence-electron chi connectivity index (χ1n) is 5.79. The number of hydrogen-bond acceptors (Lipinski definition) is 3. The zero-order chi connectivity index (χ0) is 13.5. The summed E-state index contributed by atoms with van der Waals surface area (Å²) in [7, 11) is 1.37. The van der Waals surface area contributed by atoms with Gasteiger partial charge in [0.1, 0.15) is 5.82 Å². The summed E-state index contributed by atoms with van der Waals surface area (Å²) in [5.74, 6) is -0.639. The van der Waals surface area contributed by atoms with E-state index >= 15 is 0 Å². The second kappa shape index (κ2) is 7.34. The predicted octanol–water partition coefficient (Wildman–Crippen LogP) is 3.08. The molecular formula is C13H17ClFNO2. The number of benzene rings is 1. The number of ether oxygens (including phenoxy) is 1. The van der Waals surface area contributed by atoms with Gasteiger partial charge in [-0.2, -0.15) is 0 Å². The summed E-state index contributed by atoms with van der Waals surface area (Å²) in [5, 5.41) is 3.33. The number of rotatable bonds is 6. The van der Waals surface area contributed by atoms with Crippen molar-refractivity contribution in [3.8, 4) is 0 Å². The van der Waals surface area contributed by atoms with Crippen LogP contribution in [0.5, 0.6) is 0 Å². The summed E-state index contributed by atoms with van der Waals surface area (Å²) in [6.45, 7) is 2.60. The van der Waals surface area contributed by atoms with Gasteiger partial charge in [0.15, 0.2) is 0 Å². The maximum Gasteiger partial charge on any atom is 0.305 e. The first-order chi connectivity index (χ1) is 8.54. The lowest BCUT2D eigenvalue weighted by molar-refractivity contribution is -0.140. The second-order valence-corrected chi connectivity index (χ2v) is 4.44. The van der Waals surface area contributed by atoms with E-state index < -0.39 is 5.82 Å². The summed E-state index contributed by atoms with van der Waals surface area (Å²) in [4.78, 5) is 10.9. The molecule has 0 amide bonds. The molecule has 0 aromatic heterocycles. The summed E-state index contributed by atoms with van der Waals surface area (Å²) in [6, 6.07) is 4.75. The van der Waals surface area contributed by atoms with Crippen LogP contribution in [0.15, 0.2) is 18.2 Å². The van der Waals surface area contributed by atoms with Crippen LogP contribution in [0.3, 0.4) is 0 Å². The fraction of sp³-hybridized carbons (Fsp3) is 0.462. The van der Waals surface area contributed by atoms with Crippen LogP contribution in [0.25, 0.3) is 0 Å². The van der Waals surface area contributed by atoms with Crippen molar-refractivity contribution in [3.05, 3.63) is 34.6 Å². The highest BCUT2D eigenvalue weighted by Gasteiger charge is 2.08. The fourth-order valence-corrected chi connectivity index (χ4v) is 1.67. The predicted molar refractivity (Wildman–Crippen MR) is 69.1 cm³/mol. The van der Waals surface area contributed by atoms with Crippen molar-refractivity contribution in [2.45, 2.75) is 25.8 Å². The number of carbonyl (C=O) groups excluding carboxylic acids is 1. The van der Waals surface area contributed by atoms with Gasteiger partial charge in [-0.1, -0.05) is 17.7 Å². The average Bonchev–Trinajstić information content (AvgIpc) is 2.37. The molecule has 3 nitrogen and oxygen atoms in total. The molecule has 18 heavy (non-hydrogen) atoms. The van der Waals surface area contributed by atoms with E-state index in [1.807, 2.05) is 6.92 Å². The topological polar surface area (TPSA) is 38.3 Å². The Hall–Kier alpha value is -1.13. The van der Waals surface area contributed by atoms with Crippen LogP contribution in [0.1, 0.15) is 31.4 Å². The van der Waals surface area contributed by atoms with E-state index in [4.69, 9.17) is 11.6 Å². The quantitative estimate of drug-likeness (QED) is 0.639. The number of methoxy groups -OCH3 is 1. The Kier molecular flexibility index (Phi) is 6.09. The molecule has 0 aliphatic rings. The third-order valence-electron chi connectivity index (χ3n) is 2.68. The molecule has 0 bridgehead atoms. The first kappa shape index (κ1) is 14.9. The van der Waals surface area contributed by atoms with Crippen LogP contribution in [0, 0.1) is 5.82 Å². The molecule has 1 N–H and O–H groups in total. The van der Waals surface area contributed by atoms with E-state index in [-0.39, 0.29) is 17.0 Å². The molecule has 0 aliphatic carbocycles. The Labute approximate surface area is 111 Å². The summed E-state index contributed by atoms with van der Waals surface area (Å²) < 4.78 is 17.8. The van der Waals surface area contributed by atoms with Crippen LogP contribution < -0.4 is 5.32 Å². The molecule has 100 valence electrons. The van der Waals surface area contributed by atoms with E-state index in [0.717, 1.165) is 5.56 Å². The summed E-state index contributed by atoms with van der Waals surface area (Å²) >= 11 is 5.62. The monoisotopic (exact) mass is 273 g/mol. The van der Waals surface area contributed by atoms with E-state index in [2.05, 4.69) is 10.1 Å². The summed E-state index contributed by atoms with van der Waals surface area (Å²) in [5.41, 5.74) is 0.829. The lowest BCUT2D eigenvalue weighted by Gasteiger charge is -2.14. The van der Waals surface area contributed by atoms with Gasteiger partial charge in [0.25, 0.3) is 0 Å². The van der Waals surface area contributed by atoms with Crippen molar-refractivity contribution >= 4 is 17.6 Å². The molecule has 1 rings (SSSR count). The lowest BCUT2D eigenvalue weighted by Crippen LogP contribution is -2.20. The normalized spacial score (nSPS) is 12.2. The molecular weight excluding hydrogens is 257 g/mol. The third-order valence-corrected chi connectivity index (χ3v) is 2.99. The van der Waals surface area contributed by atoms with Crippen molar-refractivity contribution < 1.29 is 13.9 Å². The molecule has 1 aromatic rings. The van der Waals surface area contributed by atoms with Crippen molar-refractivity contribution in [2.24, 2.45) is 0 Å². The highest BCUT2D eigenvalue weighted by molar-refractivity contribution is 6.30. The molecule has 0 saturated heterocycles. The van der Waals surface area contributed by atoms with Crippen molar-refractivity contribution in [1.82, 2.24) is 5.32 Å². The smallest absolute Gasteiger partial charge is 0.305 e. The molecule has 0 fully saturated rings. The van der Waals surface area contributed by atoms with Gasteiger partial charge in [-0.05, 0) is 37.6 Å². The Morgan fingerprint density at radius 1 is 1.56 bits per heavy atom. The third kappa shape index (κ3) is 4.63. The zero-order valence-corrected chi connectivity index (χ0v) is 11.3. The average molecular weight is 274 g/mol. The van der Waals surface area contributed by atoms with Crippen LogP contribution in [-0.4, -0.2) is 19.6 Å². The molecule has 0 heterocycles. The van der Waals surface area contributed by atoms with E-state index in [9.17, 15) is 9.18 Å². The minimum Gasteiger partial charge on any atom is -0.469 e. The molecule has 0 spiro atoms. The number of nitrogens with one attached hydrogen (secondary N) is 1. The Morgan fingerprint density at radius 3 is 2.89 bits per heavy atom. The van der Waals surface area contributed by atoms with E-state index in [1.54, 1.807) is 12.1 Å². The maximum atomic E-state index is 13.3. The standard InChI is InChI=1S/C13H17ClFNO2/c1-9(16-7-3-4-13(17)18-2)10-5-6-11(14)12(15)8-10/h5-6,8-9,16H,3-4,7H2,1-2H3. The summed E-state index contributed by atoms with van der Waals surface area (Å²) in [6.07, 6.45) is 1.07. The van der Waals surface area contributed by atoms with Crippen LogP contribution in [0.4, 0.5) is 4.39 Å². The van der Waals surface area contributed by atoms with Gasteiger partial charge in [-0.25, -0.2) is 4.39 Å². The molecule has 0 saturated carbocycles. The van der Waals surface area contributed by atoms with Crippen LogP contribution in [0.2, 0.25) is 5.02 Å². The van der Waals surface area contributed by atoms with Crippen LogP contribution in [-0.2, 0) is 9.53 Å². The number of hydrogen-bond donors (Lipinski definition) is 1. The number of carbonyl (C=O) groups is 1. The first-order valence-corrected chi connectivity index (χ1v) is 6.17. The minimum absolute atomic E-state index is 0.00872. The minimum atomic E-state index is -0.419. The highest BCUT2D eigenvalue weighted by Crippen LogP contribution is 2.19. The van der Waals surface area contributed by atoms with Gasteiger partial charge in [-0.3, -0.25) is 4.79 Å². The highest BCUT2D eigenvalue weighted by atomic mass is 35.5. The number of halogens is 2. The Bertz CT molecular complexity index is 412. The molecule has 0 radical (unpaired) electrons. The molecule has 0 aliphatic heterocycles. The maximum absolute atomic E-state index is 13.3. The van der Waals surface area contributed by atoms with Crippen LogP contribution >= 0.6 is 11.6 Å². The lowest BCUT2D eigenvalue weighted by atomic mass is 10.1. The van der Waals surface area contributed by atoms with Gasteiger partial charge >= 0.3 is 5.97 Å². The van der Waals surface area contributed by atoms with Gasteiger partial charge in [-0.15, -0.1) is 0 Å². The molecule has 1 atom stereocenters. The van der Waals surface area contributed by atoms with Gasteiger partial charge < -0.3 is 10.1 Å². The fourth-order valence-electron chi connectivity index (χ4n) is 1.55. The molecule has 1 unspecified atom stereocenters. The van der Waals surface area contributed by atoms with E-state index in [1.165, 1.54) is 13.2 Å². The van der Waals surface area contributed by atoms with Crippen molar-refractivity contribution in [1.29, 1.82) is 0 Å². The zero-order valence-electron chi connectivity index (χ0n) is 10.5.